The highest BCUT2D eigenvalue weighted by Crippen LogP contribution is 2.14. The van der Waals surface area contributed by atoms with Crippen molar-refractivity contribution in [2.45, 2.75) is 40.0 Å². The van der Waals surface area contributed by atoms with Crippen LogP contribution >= 0.6 is 0 Å². The Morgan fingerprint density at radius 2 is 1.80 bits per heavy atom. The summed E-state index contributed by atoms with van der Waals surface area (Å²) in [6.07, 6.45) is 2.94. The molecule has 90 valence electrons. The average Bonchev–Trinajstić information content (AvgIpc) is 2.11. The van der Waals surface area contributed by atoms with E-state index >= 15 is 0 Å². The maximum Gasteiger partial charge on any atom is 0.152 e. The molecule has 0 fully saturated rings. The number of Topliss-reactive ketones (excluding diaryl/α,β-unsaturated/α-hetero) is 1. The molecule has 0 radical (unpaired) electrons. The van der Waals surface area contributed by atoms with Crippen LogP contribution in [-0.4, -0.2) is 42.5 Å². The molecule has 0 unspecified atom stereocenters. The van der Waals surface area contributed by atoms with Crippen molar-refractivity contribution in [3.63, 3.8) is 0 Å². The lowest BCUT2D eigenvalue weighted by Gasteiger charge is -2.22. The van der Waals surface area contributed by atoms with Gasteiger partial charge in [-0.2, -0.15) is 0 Å². The topological polar surface area (TPSA) is 40.5 Å². The molecule has 3 nitrogen and oxygen atoms in total. The van der Waals surface area contributed by atoms with E-state index in [0.717, 1.165) is 25.8 Å². The second-order valence-corrected chi connectivity index (χ2v) is 5.20. The summed E-state index contributed by atoms with van der Waals surface area (Å²) in [5, 5.41) is 8.62. The molecule has 0 saturated heterocycles. The van der Waals surface area contributed by atoms with Gasteiger partial charge in [-0.25, -0.2) is 0 Å². The number of nitrogens with zero attached hydrogens (tertiary/aromatic N) is 1. The summed E-state index contributed by atoms with van der Waals surface area (Å²) in [7, 11) is 1.97. The number of rotatable bonds is 7. The van der Waals surface area contributed by atoms with Crippen LogP contribution in [0, 0.1) is 5.41 Å². The highest BCUT2D eigenvalue weighted by molar-refractivity contribution is 5.85. The van der Waals surface area contributed by atoms with Crippen molar-refractivity contribution >= 4 is 5.78 Å². The summed E-state index contributed by atoms with van der Waals surface area (Å²) < 4.78 is 0. The van der Waals surface area contributed by atoms with Crippen LogP contribution in [0.4, 0.5) is 0 Å². The Hall–Kier alpha value is -0.410. The summed E-state index contributed by atoms with van der Waals surface area (Å²) in [5.74, 6) is 0.284. The van der Waals surface area contributed by atoms with Crippen LogP contribution in [-0.2, 0) is 4.79 Å². The van der Waals surface area contributed by atoms with Crippen molar-refractivity contribution in [3.8, 4) is 0 Å². The maximum atomic E-state index is 11.7. The number of hydrogen-bond acceptors (Lipinski definition) is 3. The van der Waals surface area contributed by atoms with E-state index in [0.29, 0.717) is 6.54 Å². The van der Waals surface area contributed by atoms with Crippen LogP contribution < -0.4 is 0 Å². The van der Waals surface area contributed by atoms with Gasteiger partial charge in [0, 0.05) is 12.0 Å². The molecule has 1 N–H and O–H groups in total. The van der Waals surface area contributed by atoms with E-state index < -0.39 is 0 Å². The van der Waals surface area contributed by atoms with E-state index in [1.807, 2.05) is 27.8 Å². The van der Waals surface area contributed by atoms with Gasteiger partial charge in [-0.3, -0.25) is 9.69 Å². The van der Waals surface area contributed by atoms with Gasteiger partial charge in [-0.15, -0.1) is 0 Å². The lowest BCUT2D eigenvalue weighted by molar-refractivity contribution is -0.127. The molecule has 0 bridgehead atoms. The van der Waals surface area contributed by atoms with Crippen molar-refractivity contribution < 1.29 is 9.90 Å². The first-order chi connectivity index (χ1) is 6.88. The minimum absolute atomic E-state index is 0.237. The predicted molar refractivity (Wildman–Crippen MR) is 62.9 cm³/mol. The van der Waals surface area contributed by atoms with Crippen LogP contribution in [0.2, 0.25) is 0 Å². The van der Waals surface area contributed by atoms with Gasteiger partial charge in [-0.05, 0) is 32.9 Å². The summed E-state index contributed by atoms with van der Waals surface area (Å²) >= 11 is 0. The third-order valence-corrected chi connectivity index (χ3v) is 2.45. The van der Waals surface area contributed by atoms with Crippen LogP contribution in [0.1, 0.15) is 40.0 Å². The molecular weight excluding hydrogens is 190 g/mol. The van der Waals surface area contributed by atoms with Crippen molar-refractivity contribution in [2.75, 3.05) is 26.7 Å². The molecule has 0 aromatic carbocycles. The smallest absolute Gasteiger partial charge is 0.152 e. The first-order valence-corrected chi connectivity index (χ1v) is 5.70. The van der Waals surface area contributed by atoms with E-state index in [2.05, 4.69) is 4.90 Å². The fourth-order valence-electron chi connectivity index (χ4n) is 1.23. The average molecular weight is 215 g/mol. The van der Waals surface area contributed by atoms with Gasteiger partial charge in [0.1, 0.15) is 0 Å². The second kappa shape index (κ2) is 6.96. The Kier molecular flexibility index (Phi) is 6.77. The van der Waals surface area contributed by atoms with Gasteiger partial charge >= 0.3 is 0 Å². The van der Waals surface area contributed by atoms with Crippen molar-refractivity contribution in [1.29, 1.82) is 0 Å². The third-order valence-electron chi connectivity index (χ3n) is 2.45. The summed E-state index contributed by atoms with van der Waals surface area (Å²) in [6.45, 7) is 7.59. The molecule has 0 aromatic heterocycles. The highest BCUT2D eigenvalue weighted by atomic mass is 16.2. The number of unbranched alkanes of at least 4 members (excludes halogenated alkanes) is 2. The molecule has 3 heteroatoms. The number of aliphatic hydroxyl groups excluding tert-OH is 1. The number of hydrogen-bond donors (Lipinski definition) is 1. The first-order valence-electron chi connectivity index (χ1n) is 5.70. The lowest BCUT2D eigenvalue weighted by Crippen LogP contribution is -2.34. The van der Waals surface area contributed by atoms with E-state index in [1.165, 1.54) is 0 Å². The third kappa shape index (κ3) is 7.51. The minimum atomic E-state index is -0.237. The molecule has 0 atom stereocenters. The summed E-state index contributed by atoms with van der Waals surface area (Å²) in [5.41, 5.74) is -0.237. The Morgan fingerprint density at radius 1 is 1.20 bits per heavy atom. The summed E-state index contributed by atoms with van der Waals surface area (Å²) in [4.78, 5) is 13.7. The van der Waals surface area contributed by atoms with Crippen LogP contribution in [0.25, 0.3) is 0 Å². The maximum absolute atomic E-state index is 11.7. The molecular formula is C12H25NO2. The molecule has 0 spiro atoms. The van der Waals surface area contributed by atoms with Crippen molar-refractivity contribution in [1.82, 2.24) is 4.90 Å². The second-order valence-electron chi connectivity index (χ2n) is 5.20. The molecule has 15 heavy (non-hydrogen) atoms. The quantitative estimate of drug-likeness (QED) is 0.657. The lowest BCUT2D eigenvalue weighted by atomic mass is 9.90. The zero-order chi connectivity index (χ0) is 11.9. The molecule has 0 amide bonds. The number of carbonyl (C=O) groups excluding carboxylic acids is 1. The zero-order valence-corrected chi connectivity index (χ0v) is 10.5. The first kappa shape index (κ1) is 14.6. The largest absolute Gasteiger partial charge is 0.396 e. The fourth-order valence-corrected chi connectivity index (χ4v) is 1.23. The van der Waals surface area contributed by atoms with Crippen molar-refractivity contribution in [3.05, 3.63) is 0 Å². The predicted octanol–water partition coefficient (Wildman–Crippen LogP) is 1.70. The Morgan fingerprint density at radius 3 is 2.27 bits per heavy atom. The summed E-state index contributed by atoms with van der Waals surface area (Å²) in [6, 6.07) is 0. The molecule has 0 aliphatic heterocycles. The SMILES string of the molecule is CN(CCCCCO)CC(=O)C(C)(C)C. The van der Waals surface area contributed by atoms with Crippen LogP contribution in [0.5, 0.6) is 0 Å². The standard InChI is InChI=1S/C12H25NO2/c1-12(2,3)11(15)10-13(4)8-6-5-7-9-14/h14H,5-10H2,1-4H3. The molecule has 0 heterocycles. The number of carbonyl (C=O) groups is 1. The van der Waals surface area contributed by atoms with Gasteiger partial charge in [0.15, 0.2) is 5.78 Å². The van der Waals surface area contributed by atoms with Crippen LogP contribution in [0.3, 0.4) is 0 Å². The molecule has 0 aromatic rings. The van der Waals surface area contributed by atoms with Gasteiger partial charge in [0.2, 0.25) is 0 Å². The van der Waals surface area contributed by atoms with E-state index in [-0.39, 0.29) is 17.8 Å². The van der Waals surface area contributed by atoms with Gasteiger partial charge in [0.05, 0.1) is 6.54 Å². The molecule has 0 saturated carbocycles. The van der Waals surface area contributed by atoms with E-state index in [1.54, 1.807) is 0 Å². The van der Waals surface area contributed by atoms with Gasteiger partial charge in [0.25, 0.3) is 0 Å². The van der Waals surface area contributed by atoms with Gasteiger partial charge in [-0.1, -0.05) is 20.8 Å². The zero-order valence-electron chi connectivity index (χ0n) is 10.5. The fraction of sp³-hybridized carbons (Fsp3) is 0.917. The number of aliphatic hydroxyl groups is 1. The Bertz CT molecular complexity index is 185. The van der Waals surface area contributed by atoms with Crippen LogP contribution in [0.15, 0.2) is 0 Å². The molecule has 0 aliphatic carbocycles. The molecule has 0 rings (SSSR count). The monoisotopic (exact) mass is 215 g/mol. The number of ketones is 1. The Balaban J connectivity index is 3.65. The Labute approximate surface area is 93.5 Å². The van der Waals surface area contributed by atoms with E-state index in [4.69, 9.17) is 5.11 Å². The number of likely N-dealkylation sites (N-methyl/N-ethyl adjacent to an activating group) is 1. The van der Waals surface area contributed by atoms with E-state index in [9.17, 15) is 4.79 Å². The normalized spacial score (nSPS) is 12.1. The van der Waals surface area contributed by atoms with Crippen molar-refractivity contribution in [2.24, 2.45) is 5.41 Å². The molecule has 0 aliphatic rings. The minimum Gasteiger partial charge on any atom is -0.396 e. The van der Waals surface area contributed by atoms with Gasteiger partial charge < -0.3 is 5.11 Å². The highest BCUT2D eigenvalue weighted by Gasteiger charge is 2.21.